The molecular weight excluding hydrogens is 457 g/mol. The zero-order valence-electron chi connectivity index (χ0n) is 17.2. The zero-order valence-corrected chi connectivity index (χ0v) is 19.6. The molecule has 1 amide bonds. The van der Waals surface area contributed by atoms with E-state index in [4.69, 9.17) is 32.7 Å². The molecule has 1 fully saturated rings. The van der Waals surface area contributed by atoms with Gasteiger partial charge in [-0.15, -0.1) is 5.10 Å². The van der Waals surface area contributed by atoms with Gasteiger partial charge in [-0.25, -0.2) is 0 Å². The number of ether oxygens (including phenoxy) is 2. The van der Waals surface area contributed by atoms with Crippen molar-refractivity contribution in [3.63, 3.8) is 0 Å². The van der Waals surface area contributed by atoms with E-state index in [2.05, 4.69) is 22.4 Å². The molecule has 2 aromatic rings. The van der Waals surface area contributed by atoms with Gasteiger partial charge in [-0.1, -0.05) is 48.3 Å². The fraction of sp³-hybridized carbons (Fsp3) is 0.318. The Morgan fingerprint density at radius 3 is 2.81 bits per heavy atom. The summed E-state index contributed by atoms with van der Waals surface area (Å²) in [6, 6.07) is 10.8. The number of hydrogen-bond donors (Lipinski definition) is 1. The van der Waals surface area contributed by atoms with Gasteiger partial charge in [-0.2, -0.15) is 5.10 Å². The van der Waals surface area contributed by atoms with E-state index >= 15 is 0 Å². The largest absolute Gasteiger partial charge is 0.493 e. The number of carbonyl (C=O) groups is 1. The summed E-state index contributed by atoms with van der Waals surface area (Å²) in [4.78, 5) is 12.3. The highest BCUT2D eigenvalue weighted by molar-refractivity contribution is 8.15. The third-order valence-electron chi connectivity index (χ3n) is 4.49. The van der Waals surface area contributed by atoms with Crippen LogP contribution in [-0.2, 0) is 11.2 Å². The molecule has 1 atom stereocenters. The minimum atomic E-state index is -0.343. The maximum Gasteiger partial charge on any atom is 0.239 e. The van der Waals surface area contributed by atoms with E-state index < -0.39 is 0 Å². The van der Waals surface area contributed by atoms with Crippen molar-refractivity contribution in [3.8, 4) is 11.5 Å². The lowest BCUT2D eigenvalue weighted by Gasteiger charge is -2.10. The van der Waals surface area contributed by atoms with Crippen molar-refractivity contribution < 1.29 is 14.3 Å². The van der Waals surface area contributed by atoms with Gasteiger partial charge in [0.05, 0.1) is 25.2 Å². The number of unbranched alkanes of at least 4 members (excludes halogenated alkanes) is 1. The lowest BCUT2D eigenvalue weighted by atomic mass is 10.1. The first-order valence-electron chi connectivity index (χ1n) is 9.83. The molecule has 1 heterocycles. The second-order valence-electron chi connectivity index (χ2n) is 6.80. The summed E-state index contributed by atoms with van der Waals surface area (Å²) in [7, 11) is 1.60. The highest BCUT2D eigenvalue weighted by Gasteiger charge is 2.31. The van der Waals surface area contributed by atoms with Crippen LogP contribution >= 0.6 is 35.0 Å². The van der Waals surface area contributed by atoms with Gasteiger partial charge in [-0.3, -0.25) is 4.79 Å². The van der Waals surface area contributed by atoms with Crippen LogP contribution in [0.1, 0.15) is 30.9 Å². The van der Waals surface area contributed by atoms with Gasteiger partial charge < -0.3 is 14.8 Å². The number of hydrogen-bond acceptors (Lipinski definition) is 6. The van der Waals surface area contributed by atoms with E-state index in [0.717, 1.165) is 24.0 Å². The SMILES string of the molecule is CCCCOc1ccc(C=N/N=C2\NC(=O)C(Cc3cc(Cl)ccc3Cl)S2)cc1OC. The number of benzene rings is 2. The molecule has 2 aromatic carbocycles. The number of amidine groups is 1. The van der Waals surface area contributed by atoms with E-state index in [1.54, 1.807) is 31.5 Å². The minimum Gasteiger partial charge on any atom is -0.493 e. The summed E-state index contributed by atoms with van der Waals surface area (Å²) in [5.41, 5.74) is 1.63. The molecule has 1 aliphatic rings. The Kier molecular flexibility index (Phi) is 8.63. The summed E-state index contributed by atoms with van der Waals surface area (Å²) in [5.74, 6) is 1.19. The summed E-state index contributed by atoms with van der Waals surface area (Å²) >= 11 is 13.6. The van der Waals surface area contributed by atoms with Crippen LogP contribution in [0, 0.1) is 0 Å². The molecule has 0 bridgehead atoms. The van der Waals surface area contributed by atoms with Crippen LogP contribution in [0.3, 0.4) is 0 Å². The fourth-order valence-electron chi connectivity index (χ4n) is 2.84. The highest BCUT2D eigenvalue weighted by Crippen LogP contribution is 2.29. The third kappa shape index (κ3) is 6.63. The molecule has 0 aromatic heterocycles. The summed E-state index contributed by atoms with van der Waals surface area (Å²) < 4.78 is 11.1. The number of thioether (sulfide) groups is 1. The third-order valence-corrected chi connectivity index (χ3v) is 6.16. The zero-order chi connectivity index (χ0) is 22.2. The molecule has 0 aliphatic carbocycles. The molecule has 1 saturated heterocycles. The first kappa shape index (κ1) is 23.4. The minimum absolute atomic E-state index is 0.134. The average molecular weight is 480 g/mol. The van der Waals surface area contributed by atoms with Crippen molar-refractivity contribution in [2.24, 2.45) is 10.2 Å². The molecule has 0 saturated carbocycles. The number of rotatable bonds is 9. The quantitative estimate of drug-likeness (QED) is 0.299. The van der Waals surface area contributed by atoms with Gasteiger partial charge in [0.25, 0.3) is 0 Å². The molecule has 164 valence electrons. The number of nitrogens with one attached hydrogen (secondary N) is 1. The Bertz CT molecular complexity index is 998. The highest BCUT2D eigenvalue weighted by atomic mass is 35.5. The number of nitrogens with zero attached hydrogens (tertiary/aromatic N) is 2. The van der Waals surface area contributed by atoms with Crippen LogP contribution in [0.5, 0.6) is 11.5 Å². The number of carbonyl (C=O) groups excluding carboxylic acids is 1. The maximum atomic E-state index is 12.3. The van der Waals surface area contributed by atoms with E-state index in [1.807, 2.05) is 18.2 Å². The van der Waals surface area contributed by atoms with Gasteiger partial charge >= 0.3 is 0 Å². The van der Waals surface area contributed by atoms with Crippen molar-refractivity contribution in [3.05, 3.63) is 57.6 Å². The normalized spacial score (nSPS) is 17.4. The van der Waals surface area contributed by atoms with Gasteiger partial charge in [-0.05, 0) is 60.4 Å². The molecule has 3 rings (SSSR count). The van der Waals surface area contributed by atoms with Gasteiger partial charge in [0.1, 0.15) is 0 Å². The monoisotopic (exact) mass is 479 g/mol. The van der Waals surface area contributed by atoms with Crippen LogP contribution in [0.15, 0.2) is 46.6 Å². The smallest absolute Gasteiger partial charge is 0.239 e. The van der Waals surface area contributed by atoms with Crippen molar-refractivity contribution >= 4 is 52.3 Å². The van der Waals surface area contributed by atoms with E-state index in [1.165, 1.54) is 11.8 Å². The Morgan fingerprint density at radius 1 is 1.19 bits per heavy atom. The Morgan fingerprint density at radius 2 is 2.03 bits per heavy atom. The van der Waals surface area contributed by atoms with Crippen LogP contribution in [0.4, 0.5) is 0 Å². The number of methoxy groups -OCH3 is 1. The van der Waals surface area contributed by atoms with E-state index in [-0.39, 0.29) is 11.2 Å². The number of amides is 1. The van der Waals surface area contributed by atoms with Crippen molar-refractivity contribution in [2.45, 2.75) is 31.4 Å². The van der Waals surface area contributed by atoms with Crippen molar-refractivity contribution in [1.82, 2.24) is 5.32 Å². The number of halogens is 2. The van der Waals surface area contributed by atoms with Crippen LogP contribution in [0.25, 0.3) is 0 Å². The van der Waals surface area contributed by atoms with Crippen molar-refractivity contribution in [2.75, 3.05) is 13.7 Å². The summed E-state index contributed by atoms with van der Waals surface area (Å²) in [6.07, 6.45) is 4.10. The summed E-state index contributed by atoms with van der Waals surface area (Å²) in [5, 5.41) is 12.2. The molecular formula is C22H23Cl2N3O3S. The maximum absolute atomic E-state index is 12.3. The Labute approximate surface area is 196 Å². The average Bonchev–Trinajstić information content (AvgIpc) is 3.10. The predicted molar refractivity (Wildman–Crippen MR) is 128 cm³/mol. The molecule has 0 radical (unpaired) electrons. The second kappa shape index (κ2) is 11.4. The molecule has 1 unspecified atom stereocenters. The van der Waals surface area contributed by atoms with Crippen LogP contribution < -0.4 is 14.8 Å². The topological polar surface area (TPSA) is 72.3 Å². The first-order valence-corrected chi connectivity index (χ1v) is 11.5. The van der Waals surface area contributed by atoms with Crippen molar-refractivity contribution in [1.29, 1.82) is 0 Å². The summed E-state index contributed by atoms with van der Waals surface area (Å²) in [6.45, 7) is 2.76. The molecule has 1 aliphatic heterocycles. The van der Waals surface area contributed by atoms with E-state index in [0.29, 0.717) is 39.7 Å². The molecule has 1 N–H and O–H groups in total. The molecule has 31 heavy (non-hydrogen) atoms. The molecule has 0 spiro atoms. The standard InChI is InChI=1S/C22H23Cl2N3O3S/c1-3-4-9-30-18-8-5-14(10-19(18)29-2)13-25-27-22-26-21(28)20(31-22)12-15-11-16(23)6-7-17(15)24/h5-8,10-11,13,20H,3-4,9,12H2,1-2H3,(H,26,27,28). The lowest BCUT2D eigenvalue weighted by molar-refractivity contribution is -0.118. The van der Waals surface area contributed by atoms with Crippen LogP contribution in [-0.4, -0.2) is 36.3 Å². The molecule has 6 nitrogen and oxygen atoms in total. The Balaban J connectivity index is 1.62. The predicted octanol–water partition coefficient (Wildman–Crippen LogP) is 5.35. The van der Waals surface area contributed by atoms with Gasteiger partial charge in [0.15, 0.2) is 16.7 Å². The van der Waals surface area contributed by atoms with E-state index in [9.17, 15) is 4.79 Å². The lowest BCUT2D eigenvalue weighted by Crippen LogP contribution is -2.26. The second-order valence-corrected chi connectivity index (χ2v) is 8.83. The molecule has 9 heteroatoms. The first-order chi connectivity index (χ1) is 15.0. The van der Waals surface area contributed by atoms with Gasteiger partial charge in [0, 0.05) is 10.0 Å². The fourth-order valence-corrected chi connectivity index (χ4v) is 4.19. The van der Waals surface area contributed by atoms with Gasteiger partial charge in [0.2, 0.25) is 5.91 Å². The Hall–Kier alpha value is -2.22. The van der Waals surface area contributed by atoms with Crippen LogP contribution in [0.2, 0.25) is 10.0 Å².